The lowest BCUT2D eigenvalue weighted by molar-refractivity contribution is -0.146. The zero-order chi connectivity index (χ0) is 25.5. The molecule has 1 N–H and O–H groups in total. The maximum absolute atomic E-state index is 13.0. The summed E-state index contributed by atoms with van der Waals surface area (Å²) in [5.74, 6) is -0.271. The second-order valence-corrected chi connectivity index (χ2v) is 9.93. The van der Waals surface area contributed by atoms with Crippen LogP contribution in [0.3, 0.4) is 0 Å². The van der Waals surface area contributed by atoms with Crippen LogP contribution in [-0.4, -0.2) is 52.2 Å². The fourth-order valence-electron chi connectivity index (χ4n) is 3.37. The normalized spacial score (nSPS) is 11.4. The Morgan fingerprint density at radius 1 is 1.12 bits per heavy atom. The first-order valence-corrected chi connectivity index (χ1v) is 11.8. The van der Waals surface area contributed by atoms with Gasteiger partial charge in [0.15, 0.2) is 0 Å². The van der Waals surface area contributed by atoms with Gasteiger partial charge < -0.3 is 15.0 Å². The van der Waals surface area contributed by atoms with Crippen LogP contribution in [0.5, 0.6) is 0 Å². The number of aryl methyl sites for hydroxylation is 1. The summed E-state index contributed by atoms with van der Waals surface area (Å²) in [6.07, 6.45) is 0.00628. The lowest BCUT2D eigenvalue weighted by atomic mass is 9.92. The molecule has 186 valence electrons. The van der Waals surface area contributed by atoms with Gasteiger partial charge in [-0.1, -0.05) is 52.3 Å². The van der Waals surface area contributed by atoms with Crippen LogP contribution in [0.2, 0.25) is 0 Å². The number of aromatic nitrogens is 2. The molecule has 2 amide bonds. The number of carbonyl (C=O) groups is 3. The number of nitrogens with one attached hydrogen (secondary N) is 1. The predicted molar refractivity (Wildman–Crippen MR) is 133 cm³/mol. The number of hydrogen-bond donors (Lipinski definition) is 1. The van der Waals surface area contributed by atoms with Crippen LogP contribution in [-0.2, 0) is 24.5 Å². The largest absolute Gasteiger partial charge is 0.466 e. The highest BCUT2D eigenvalue weighted by Crippen LogP contribution is 2.26. The summed E-state index contributed by atoms with van der Waals surface area (Å²) in [5, 5.41) is 7.67. The second kappa shape index (κ2) is 11.8. The highest BCUT2D eigenvalue weighted by atomic mass is 16.5. The molecule has 8 nitrogen and oxygen atoms in total. The minimum absolute atomic E-state index is 0.00196. The number of ether oxygens (including phenoxy) is 1. The van der Waals surface area contributed by atoms with Gasteiger partial charge in [-0.2, -0.15) is 5.10 Å². The van der Waals surface area contributed by atoms with Crippen LogP contribution >= 0.6 is 0 Å². The first kappa shape index (κ1) is 27.1. The van der Waals surface area contributed by atoms with Crippen molar-refractivity contribution in [1.82, 2.24) is 14.7 Å². The topological polar surface area (TPSA) is 93.5 Å². The maximum atomic E-state index is 13.0. The Labute approximate surface area is 202 Å². The highest BCUT2D eigenvalue weighted by Gasteiger charge is 2.24. The highest BCUT2D eigenvalue weighted by molar-refractivity contribution is 5.94. The van der Waals surface area contributed by atoms with Crippen LogP contribution < -0.4 is 5.32 Å². The fourth-order valence-corrected chi connectivity index (χ4v) is 3.37. The summed E-state index contributed by atoms with van der Waals surface area (Å²) in [4.78, 5) is 38.9. The van der Waals surface area contributed by atoms with E-state index >= 15 is 0 Å². The second-order valence-electron chi connectivity index (χ2n) is 9.93. The number of benzene rings is 1. The smallest absolute Gasteiger partial charge is 0.306 e. The molecule has 0 spiro atoms. The fraction of sp³-hybridized carbons (Fsp3) is 0.538. The van der Waals surface area contributed by atoms with Gasteiger partial charge in [0.25, 0.3) is 0 Å². The van der Waals surface area contributed by atoms with Gasteiger partial charge in [0, 0.05) is 24.4 Å². The third-order valence-corrected chi connectivity index (χ3v) is 5.14. The van der Waals surface area contributed by atoms with Gasteiger partial charge in [-0.05, 0) is 31.9 Å². The third kappa shape index (κ3) is 8.01. The Bertz CT molecular complexity index is 987. The van der Waals surface area contributed by atoms with E-state index in [1.165, 1.54) is 4.90 Å². The zero-order valence-electron chi connectivity index (χ0n) is 21.5. The van der Waals surface area contributed by atoms with Gasteiger partial charge in [-0.15, -0.1) is 0 Å². The van der Waals surface area contributed by atoms with Crippen LogP contribution in [0.25, 0.3) is 5.69 Å². The van der Waals surface area contributed by atoms with E-state index in [1.54, 1.807) is 11.6 Å². The van der Waals surface area contributed by atoms with Crippen molar-refractivity contribution in [1.29, 1.82) is 0 Å². The quantitative estimate of drug-likeness (QED) is 0.524. The van der Waals surface area contributed by atoms with Gasteiger partial charge >= 0.3 is 5.97 Å². The molecule has 0 aliphatic rings. The minimum atomic E-state index is -0.415. The third-order valence-electron chi connectivity index (χ3n) is 5.14. The number of carbonyl (C=O) groups excluding carboxylic acids is 3. The summed E-state index contributed by atoms with van der Waals surface area (Å²) in [6, 6.07) is 9.76. The molecule has 2 aromatic rings. The van der Waals surface area contributed by atoms with E-state index < -0.39 is 5.97 Å². The first-order valence-electron chi connectivity index (χ1n) is 11.8. The molecule has 0 aliphatic carbocycles. The average Bonchev–Trinajstić information content (AvgIpc) is 3.16. The summed E-state index contributed by atoms with van der Waals surface area (Å²) < 4.78 is 6.62. The molecule has 0 unspecified atom stereocenters. The molecular formula is C26H38N4O4. The predicted octanol–water partition coefficient (Wildman–Crippen LogP) is 4.24. The molecule has 0 bridgehead atoms. The van der Waals surface area contributed by atoms with E-state index in [0.29, 0.717) is 12.4 Å². The molecule has 0 saturated heterocycles. The van der Waals surface area contributed by atoms with Gasteiger partial charge in [0.2, 0.25) is 11.8 Å². The van der Waals surface area contributed by atoms with Crippen molar-refractivity contribution in [2.45, 2.75) is 66.7 Å². The van der Waals surface area contributed by atoms with E-state index in [0.717, 1.165) is 16.9 Å². The molecule has 0 saturated carbocycles. The molecule has 1 heterocycles. The number of rotatable bonds is 10. The van der Waals surface area contributed by atoms with Gasteiger partial charge in [-0.25, -0.2) is 4.68 Å². The molecule has 0 aliphatic heterocycles. The minimum Gasteiger partial charge on any atom is -0.466 e. The van der Waals surface area contributed by atoms with Gasteiger partial charge in [0.1, 0.15) is 5.82 Å². The lowest BCUT2D eigenvalue weighted by Gasteiger charge is -2.24. The number of esters is 1. The Balaban J connectivity index is 2.21. The van der Waals surface area contributed by atoms with E-state index in [2.05, 4.69) is 26.1 Å². The lowest BCUT2D eigenvalue weighted by Crippen LogP contribution is -2.40. The standard InChI is InChI=1S/C26H38N4O4/c1-8-34-25(33)14-13-24(32)29(16-18(2)3)17-23(31)27-22-15-21(26(5,6)7)28-30(22)20-11-9-19(4)10-12-20/h9-12,15,18H,8,13-14,16-17H2,1-7H3,(H,27,31). The summed E-state index contributed by atoms with van der Waals surface area (Å²) in [7, 11) is 0. The number of nitrogens with zero attached hydrogens (tertiary/aromatic N) is 3. The average molecular weight is 471 g/mol. The summed E-state index contributed by atoms with van der Waals surface area (Å²) >= 11 is 0. The number of anilines is 1. The summed E-state index contributed by atoms with van der Waals surface area (Å²) in [6.45, 7) is 14.5. The van der Waals surface area contributed by atoms with Crippen LogP contribution in [0.1, 0.15) is 65.6 Å². The monoisotopic (exact) mass is 470 g/mol. The Morgan fingerprint density at radius 3 is 2.32 bits per heavy atom. The van der Waals surface area contributed by atoms with Crippen molar-refractivity contribution in [2.75, 3.05) is 25.0 Å². The number of hydrogen-bond acceptors (Lipinski definition) is 5. The molecule has 1 aromatic heterocycles. The molecule has 0 radical (unpaired) electrons. The molecule has 0 fully saturated rings. The van der Waals surface area contributed by atoms with Crippen LogP contribution in [0.15, 0.2) is 30.3 Å². The zero-order valence-corrected chi connectivity index (χ0v) is 21.5. The van der Waals surface area contributed by atoms with Crippen molar-refractivity contribution >= 4 is 23.6 Å². The summed E-state index contributed by atoms with van der Waals surface area (Å²) in [5.41, 5.74) is 2.60. The van der Waals surface area contributed by atoms with Crippen LogP contribution in [0.4, 0.5) is 5.82 Å². The molecule has 34 heavy (non-hydrogen) atoms. The van der Waals surface area contributed by atoms with Crippen molar-refractivity contribution in [3.05, 3.63) is 41.6 Å². The van der Waals surface area contributed by atoms with E-state index in [-0.39, 0.29) is 49.1 Å². The van der Waals surface area contributed by atoms with Crippen molar-refractivity contribution in [2.24, 2.45) is 5.92 Å². The molecule has 2 rings (SSSR count). The first-order chi connectivity index (χ1) is 15.9. The molecule has 0 atom stereocenters. The van der Waals surface area contributed by atoms with Crippen molar-refractivity contribution in [3.63, 3.8) is 0 Å². The maximum Gasteiger partial charge on any atom is 0.306 e. The number of amides is 2. The van der Waals surface area contributed by atoms with E-state index in [9.17, 15) is 14.4 Å². The van der Waals surface area contributed by atoms with E-state index in [4.69, 9.17) is 9.84 Å². The Morgan fingerprint density at radius 2 is 1.76 bits per heavy atom. The Kier molecular flexibility index (Phi) is 9.41. The van der Waals surface area contributed by atoms with Gasteiger partial charge in [-0.3, -0.25) is 14.4 Å². The molecule has 1 aromatic carbocycles. The van der Waals surface area contributed by atoms with Crippen molar-refractivity contribution in [3.8, 4) is 5.69 Å². The molecular weight excluding hydrogens is 432 g/mol. The van der Waals surface area contributed by atoms with E-state index in [1.807, 2.05) is 51.1 Å². The van der Waals surface area contributed by atoms with Crippen molar-refractivity contribution < 1.29 is 19.1 Å². The van der Waals surface area contributed by atoms with Gasteiger partial charge in [0.05, 0.1) is 31.0 Å². The van der Waals surface area contributed by atoms with Crippen LogP contribution in [0, 0.1) is 12.8 Å². The Hall–Kier alpha value is -3.16. The molecule has 8 heteroatoms. The SMILES string of the molecule is CCOC(=O)CCC(=O)N(CC(=O)Nc1cc(C(C)(C)C)nn1-c1ccc(C)cc1)CC(C)C.